The highest BCUT2D eigenvalue weighted by atomic mass is 35.5. The van der Waals surface area contributed by atoms with Crippen molar-refractivity contribution in [2.24, 2.45) is 5.41 Å². The van der Waals surface area contributed by atoms with Crippen LogP contribution in [0.25, 0.3) is 0 Å². The Hall–Kier alpha value is -1.02. The van der Waals surface area contributed by atoms with Gasteiger partial charge in [-0.2, -0.15) is 0 Å². The zero-order valence-electron chi connectivity index (χ0n) is 9.50. The van der Waals surface area contributed by atoms with Crippen molar-refractivity contribution in [2.75, 3.05) is 0 Å². The second-order valence-corrected chi connectivity index (χ2v) is 4.90. The molecule has 1 fully saturated rings. The van der Waals surface area contributed by atoms with E-state index in [0.29, 0.717) is 17.2 Å². The molecular weight excluding hydrogens is 224 g/mol. The summed E-state index contributed by atoms with van der Waals surface area (Å²) in [5.74, 6) is 1.03. The lowest BCUT2D eigenvalue weighted by Crippen LogP contribution is -2.54. The van der Waals surface area contributed by atoms with E-state index in [2.05, 4.69) is 0 Å². The Kier molecular flexibility index (Phi) is 2.94. The number of benzene rings is 1. The number of ketones is 1. The minimum atomic E-state index is -0.317. The average Bonchev–Trinajstić information content (AvgIpc) is 2.27. The second kappa shape index (κ2) is 4.10. The van der Waals surface area contributed by atoms with Crippen molar-refractivity contribution in [3.05, 3.63) is 29.3 Å². The first-order chi connectivity index (χ1) is 7.56. The standard InChI is InChI=1S/C13H15ClO2/c1-3-13(2)11(15)8-12(13)16-10-6-4-5-9(14)7-10/h4-7,12H,3,8H2,1-2H3. The maximum Gasteiger partial charge on any atom is 0.146 e. The third-order valence-electron chi connectivity index (χ3n) is 3.53. The maximum atomic E-state index is 11.5. The van der Waals surface area contributed by atoms with Crippen LogP contribution in [0.2, 0.25) is 5.02 Å². The molecule has 2 atom stereocenters. The Labute approximate surface area is 101 Å². The van der Waals surface area contributed by atoms with E-state index in [9.17, 15) is 4.79 Å². The van der Waals surface area contributed by atoms with Crippen LogP contribution in [0.3, 0.4) is 0 Å². The second-order valence-electron chi connectivity index (χ2n) is 4.46. The number of Topliss-reactive ketones (excluding diaryl/α,β-unsaturated/α-hetero) is 1. The normalized spacial score (nSPS) is 28.7. The average molecular weight is 239 g/mol. The van der Waals surface area contributed by atoms with Crippen molar-refractivity contribution < 1.29 is 9.53 Å². The number of rotatable bonds is 3. The van der Waals surface area contributed by atoms with E-state index in [0.717, 1.165) is 12.2 Å². The van der Waals surface area contributed by atoms with E-state index in [1.807, 2.05) is 26.0 Å². The van der Waals surface area contributed by atoms with E-state index in [-0.39, 0.29) is 11.5 Å². The van der Waals surface area contributed by atoms with Crippen LogP contribution in [0.1, 0.15) is 26.7 Å². The zero-order chi connectivity index (χ0) is 11.8. The minimum Gasteiger partial charge on any atom is -0.489 e. The molecule has 3 heteroatoms. The summed E-state index contributed by atoms with van der Waals surface area (Å²) in [6.07, 6.45) is 1.32. The van der Waals surface area contributed by atoms with Crippen LogP contribution >= 0.6 is 11.6 Å². The van der Waals surface area contributed by atoms with Gasteiger partial charge in [0.15, 0.2) is 0 Å². The van der Waals surface area contributed by atoms with Gasteiger partial charge in [-0.1, -0.05) is 24.6 Å². The number of hydrogen-bond donors (Lipinski definition) is 0. The molecule has 2 unspecified atom stereocenters. The zero-order valence-corrected chi connectivity index (χ0v) is 10.3. The van der Waals surface area contributed by atoms with E-state index in [4.69, 9.17) is 16.3 Å². The molecule has 0 saturated heterocycles. The molecule has 0 bridgehead atoms. The van der Waals surface area contributed by atoms with Crippen molar-refractivity contribution in [3.8, 4) is 5.75 Å². The molecule has 1 aromatic rings. The molecule has 0 aromatic heterocycles. The van der Waals surface area contributed by atoms with Gasteiger partial charge in [0.25, 0.3) is 0 Å². The fourth-order valence-electron chi connectivity index (χ4n) is 1.98. The van der Waals surface area contributed by atoms with Crippen molar-refractivity contribution in [3.63, 3.8) is 0 Å². The molecular formula is C13H15ClO2. The van der Waals surface area contributed by atoms with Gasteiger partial charge >= 0.3 is 0 Å². The number of hydrogen-bond acceptors (Lipinski definition) is 2. The van der Waals surface area contributed by atoms with Crippen LogP contribution in [-0.4, -0.2) is 11.9 Å². The molecule has 0 N–H and O–H groups in total. The summed E-state index contributed by atoms with van der Waals surface area (Å²) in [6, 6.07) is 7.30. The van der Waals surface area contributed by atoms with E-state index >= 15 is 0 Å². The highest BCUT2D eigenvalue weighted by Crippen LogP contribution is 2.42. The summed E-state index contributed by atoms with van der Waals surface area (Å²) in [5.41, 5.74) is -0.317. The quantitative estimate of drug-likeness (QED) is 0.806. The van der Waals surface area contributed by atoms with Crippen LogP contribution in [-0.2, 0) is 4.79 Å². The summed E-state index contributed by atoms with van der Waals surface area (Å²) >= 11 is 5.88. The van der Waals surface area contributed by atoms with E-state index < -0.39 is 0 Å². The molecule has 1 aromatic carbocycles. The minimum absolute atomic E-state index is 0.0107. The number of carbonyl (C=O) groups is 1. The Morgan fingerprint density at radius 2 is 2.31 bits per heavy atom. The Balaban J connectivity index is 2.09. The lowest BCUT2D eigenvalue weighted by Gasteiger charge is -2.44. The van der Waals surface area contributed by atoms with Gasteiger partial charge in [-0.3, -0.25) is 4.79 Å². The fraction of sp³-hybridized carbons (Fsp3) is 0.462. The van der Waals surface area contributed by atoms with Gasteiger partial charge in [0.1, 0.15) is 17.6 Å². The highest BCUT2D eigenvalue weighted by molar-refractivity contribution is 6.30. The summed E-state index contributed by atoms with van der Waals surface area (Å²) in [7, 11) is 0. The monoisotopic (exact) mass is 238 g/mol. The van der Waals surface area contributed by atoms with Crippen LogP contribution in [0, 0.1) is 5.41 Å². The smallest absolute Gasteiger partial charge is 0.146 e. The molecule has 16 heavy (non-hydrogen) atoms. The molecule has 1 aliphatic carbocycles. The first-order valence-corrected chi connectivity index (χ1v) is 5.89. The van der Waals surface area contributed by atoms with Crippen molar-refractivity contribution in [1.82, 2.24) is 0 Å². The molecule has 1 aliphatic rings. The lowest BCUT2D eigenvalue weighted by molar-refractivity contribution is -0.150. The van der Waals surface area contributed by atoms with E-state index in [1.165, 1.54) is 0 Å². The molecule has 1 saturated carbocycles. The summed E-state index contributed by atoms with van der Waals surface area (Å²) < 4.78 is 5.80. The number of ether oxygens (including phenoxy) is 1. The molecule has 0 spiro atoms. The topological polar surface area (TPSA) is 26.3 Å². The Bertz CT molecular complexity index is 416. The van der Waals surface area contributed by atoms with Crippen LogP contribution in [0.4, 0.5) is 0 Å². The summed E-state index contributed by atoms with van der Waals surface area (Å²) in [6.45, 7) is 3.99. The first-order valence-electron chi connectivity index (χ1n) is 5.52. The lowest BCUT2D eigenvalue weighted by atomic mass is 9.64. The van der Waals surface area contributed by atoms with Gasteiger partial charge in [-0.25, -0.2) is 0 Å². The van der Waals surface area contributed by atoms with Gasteiger partial charge in [0.2, 0.25) is 0 Å². The Morgan fingerprint density at radius 1 is 1.56 bits per heavy atom. The molecule has 0 aliphatic heterocycles. The molecule has 0 radical (unpaired) electrons. The van der Waals surface area contributed by atoms with Gasteiger partial charge in [0, 0.05) is 11.4 Å². The maximum absolute atomic E-state index is 11.5. The number of halogens is 1. The third kappa shape index (κ3) is 1.82. The van der Waals surface area contributed by atoms with Crippen LogP contribution < -0.4 is 4.74 Å². The molecule has 2 nitrogen and oxygen atoms in total. The highest BCUT2D eigenvalue weighted by Gasteiger charge is 2.51. The first kappa shape index (κ1) is 11.5. The van der Waals surface area contributed by atoms with E-state index in [1.54, 1.807) is 12.1 Å². The fourth-order valence-corrected chi connectivity index (χ4v) is 2.16. The summed E-state index contributed by atoms with van der Waals surface area (Å²) in [5, 5.41) is 0.654. The predicted octanol–water partition coefficient (Wildman–Crippen LogP) is 3.48. The largest absolute Gasteiger partial charge is 0.489 e. The van der Waals surface area contributed by atoms with Gasteiger partial charge < -0.3 is 4.74 Å². The molecule has 0 amide bonds. The molecule has 2 rings (SSSR count). The SMILES string of the molecule is CCC1(C)C(=O)CC1Oc1cccc(Cl)c1. The Morgan fingerprint density at radius 3 is 2.88 bits per heavy atom. The van der Waals surface area contributed by atoms with Crippen LogP contribution in [0.15, 0.2) is 24.3 Å². The number of carbonyl (C=O) groups excluding carboxylic acids is 1. The van der Waals surface area contributed by atoms with Gasteiger partial charge in [-0.15, -0.1) is 0 Å². The van der Waals surface area contributed by atoms with Crippen molar-refractivity contribution >= 4 is 17.4 Å². The van der Waals surface area contributed by atoms with Crippen molar-refractivity contribution in [2.45, 2.75) is 32.8 Å². The predicted molar refractivity (Wildman–Crippen MR) is 63.9 cm³/mol. The molecule has 0 heterocycles. The van der Waals surface area contributed by atoms with Gasteiger partial charge in [0.05, 0.1) is 5.41 Å². The van der Waals surface area contributed by atoms with Gasteiger partial charge in [-0.05, 0) is 31.5 Å². The van der Waals surface area contributed by atoms with Crippen molar-refractivity contribution in [1.29, 1.82) is 0 Å². The molecule has 86 valence electrons. The van der Waals surface area contributed by atoms with Crippen LogP contribution in [0.5, 0.6) is 5.75 Å². The summed E-state index contributed by atoms with van der Waals surface area (Å²) in [4.78, 5) is 11.5. The third-order valence-corrected chi connectivity index (χ3v) is 3.76.